The number of hydrogen-bond donors (Lipinski definition) is 2. The summed E-state index contributed by atoms with van der Waals surface area (Å²) in [5.41, 5.74) is 7.34. The minimum atomic E-state index is 0.433. The van der Waals surface area contributed by atoms with Crippen molar-refractivity contribution >= 4 is 5.82 Å². The van der Waals surface area contributed by atoms with E-state index in [0.717, 1.165) is 23.2 Å². The maximum absolute atomic E-state index is 9.01. The summed E-state index contributed by atoms with van der Waals surface area (Å²) >= 11 is 0. The fraction of sp³-hybridized carbons (Fsp3) is 0.0769. The summed E-state index contributed by atoms with van der Waals surface area (Å²) in [6.45, 7) is 0. The zero-order valence-corrected chi connectivity index (χ0v) is 9.07. The molecule has 0 atom stereocenters. The van der Waals surface area contributed by atoms with E-state index < -0.39 is 0 Å². The predicted octanol–water partition coefficient (Wildman–Crippen LogP) is 1.81. The Hall–Kier alpha value is -2.38. The molecule has 0 radical (unpaired) electrons. The van der Waals surface area contributed by atoms with Crippen molar-refractivity contribution in [2.24, 2.45) is 5.84 Å². The van der Waals surface area contributed by atoms with Gasteiger partial charge in [0.05, 0.1) is 11.3 Å². The van der Waals surface area contributed by atoms with E-state index >= 15 is 0 Å². The summed E-state index contributed by atoms with van der Waals surface area (Å²) < 4.78 is 0. The molecule has 4 nitrogen and oxygen atoms in total. The van der Waals surface area contributed by atoms with Gasteiger partial charge in [0.15, 0.2) is 5.82 Å². The summed E-state index contributed by atoms with van der Waals surface area (Å²) in [5.74, 6) is 5.81. The van der Waals surface area contributed by atoms with Gasteiger partial charge < -0.3 is 5.43 Å². The van der Waals surface area contributed by atoms with Crippen molar-refractivity contribution in [3.63, 3.8) is 0 Å². The minimum absolute atomic E-state index is 0.433. The van der Waals surface area contributed by atoms with Crippen LogP contribution >= 0.6 is 0 Å². The molecule has 1 aromatic heterocycles. The van der Waals surface area contributed by atoms with Gasteiger partial charge in [0.25, 0.3) is 0 Å². The number of hydrazine groups is 1. The first-order valence-corrected chi connectivity index (χ1v) is 5.32. The van der Waals surface area contributed by atoms with Crippen LogP contribution < -0.4 is 11.3 Å². The van der Waals surface area contributed by atoms with Gasteiger partial charge in [0.1, 0.15) is 6.07 Å². The van der Waals surface area contributed by atoms with E-state index in [1.54, 1.807) is 0 Å². The van der Waals surface area contributed by atoms with Crippen LogP contribution in [0.3, 0.4) is 0 Å². The van der Waals surface area contributed by atoms with Crippen molar-refractivity contribution in [3.8, 4) is 17.3 Å². The molecule has 0 bridgehead atoms. The molecule has 4 heteroatoms. The van der Waals surface area contributed by atoms with Crippen LogP contribution in [-0.2, 0) is 6.42 Å². The van der Waals surface area contributed by atoms with Gasteiger partial charge in [-0.25, -0.2) is 10.8 Å². The molecule has 0 spiro atoms. The Morgan fingerprint density at radius 1 is 1.29 bits per heavy atom. The standard InChI is InChI=1S/C13H10N4/c14-7-10-6-9-5-8-3-1-2-4-11(8)12(9)16-13(10)17-15/h1-4,6H,5,15H2,(H,16,17). The Bertz CT molecular complexity index is 640. The molecule has 3 N–H and O–H groups in total. The first kappa shape index (κ1) is 9.82. The van der Waals surface area contributed by atoms with E-state index in [1.165, 1.54) is 5.56 Å². The van der Waals surface area contributed by atoms with Crippen molar-refractivity contribution in [2.45, 2.75) is 6.42 Å². The van der Waals surface area contributed by atoms with Crippen molar-refractivity contribution in [1.82, 2.24) is 4.98 Å². The first-order chi connectivity index (χ1) is 8.33. The van der Waals surface area contributed by atoms with Gasteiger partial charge in [-0.3, -0.25) is 0 Å². The number of nitrogens with two attached hydrogens (primary N) is 1. The van der Waals surface area contributed by atoms with Crippen LogP contribution in [0.25, 0.3) is 11.3 Å². The van der Waals surface area contributed by atoms with Crippen LogP contribution in [0.2, 0.25) is 0 Å². The molecule has 1 aromatic carbocycles. The Morgan fingerprint density at radius 3 is 2.88 bits per heavy atom. The summed E-state index contributed by atoms with van der Waals surface area (Å²) in [7, 11) is 0. The number of nitrogens with zero attached hydrogens (tertiary/aromatic N) is 2. The fourth-order valence-electron chi connectivity index (χ4n) is 2.23. The Kier molecular flexibility index (Phi) is 2.07. The highest BCUT2D eigenvalue weighted by atomic mass is 15.3. The number of pyridine rings is 1. The number of hydrogen-bond acceptors (Lipinski definition) is 4. The lowest BCUT2D eigenvalue weighted by Crippen LogP contribution is -2.11. The lowest BCUT2D eigenvalue weighted by molar-refractivity contribution is 1.18. The molecule has 0 saturated carbocycles. The predicted molar refractivity (Wildman–Crippen MR) is 65.0 cm³/mol. The van der Waals surface area contributed by atoms with E-state index in [4.69, 9.17) is 11.1 Å². The van der Waals surface area contributed by atoms with Crippen LogP contribution in [0, 0.1) is 11.3 Å². The lowest BCUT2D eigenvalue weighted by atomic mass is 10.1. The summed E-state index contributed by atoms with van der Waals surface area (Å²) in [6.07, 6.45) is 0.831. The Balaban J connectivity index is 2.25. The Labute approximate surface area is 98.7 Å². The van der Waals surface area contributed by atoms with Gasteiger partial charge in [0, 0.05) is 12.0 Å². The third-order valence-electron chi connectivity index (χ3n) is 3.01. The maximum atomic E-state index is 9.01. The molecule has 0 aliphatic heterocycles. The minimum Gasteiger partial charge on any atom is -0.307 e. The van der Waals surface area contributed by atoms with Gasteiger partial charge in [-0.15, -0.1) is 0 Å². The smallest absolute Gasteiger partial charge is 0.158 e. The van der Waals surface area contributed by atoms with Crippen molar-refractivity contribution < 1.29 is 0 Å². The SMILES string of the molecule is N#Cc1cc2c(nc1NN)-c1ccccc1C2. The van der Waals surface area contributed by atoms with Gasteiger partial charge in [-0.1, -0.05) is 24.3 Å². The molecular weight excluding hydrogens is 212 g/mol. The van der Waals surface area contributed by atoms with Crippen molar-refractivity contribution in [2.75, 3.05) is 5.43 Å². The molecule has 0 amide bonds. The average molecular weight is 222 g/mol. The largest absolute Gasteiger partial charge is 0.307 e. The summed E-state index contributed by atoms with van der Waals surface area (Å²) in [6, 6.07) is 12.1. The van der Waals surface area contributed by atoms with Gasteiger partial charge in [-0.05, 0) is 17.2 Å². The first-order valence-electron chi connectivity index (χ1n) is 5.32. The number of nitrogens with one attached hydrogen (secondary N) is 1. The van der Waals surface area contributed by atoms with Crippen LogP contribution in [0.4, 0.5) is 5.82 Å². The maximum Gasteiger partial charge on any atom is 0.158 e. The molecule has 82 valence electrons. The van der Waals surface area contributed by atoms with Crippen molar-refractivity contribution in [3.05, 3.63) is 47.0 Å². The molecule has 1 aliphatic carbocycles. The highest BCUT2D eigenvalue weighted by molar-refractivity contribution is 5.76. The van der Waals surface area contributed by atoms with Crippen LogP contribution in [0.1, 0.15) is 16.7 Å². The topological polar surface area (TPSA) is 74.7 Å². The molecule has 0 unspecified atom stereocenters. The molecule has 0 saturated heterocycles. The number of nitriles is 1. The fourth-order valence-corrected chi connectivity index (χ4v) is 2.23. The van der Waals surface area contributed by atoms with Gasteiger partial charge in [-0.2, -0.15) is 5.26 Å². The van der Waals surface area contributed by atoms with E-state index in [1.807, 2.05) is 24.3 Å². The molecule has 3 rings (SSSR count). The number of benzene rings is 1. The molecule has 2 aromatic rings. The molecule has 1 heterocycles. The third kappa shape index (κ3) is 1.37. The highest BCUT2D eigenvalue weighted by Gasteiger charge is 2.21. The van der Waals surface area contributed by atoms with Crippen LogP contribution in [0.5, 0.6) is 0 Å². The van der Waals surface area contributed by atoms with Gasteiger partial charge in [0.2, 0.25) is 0 Å². The number of anilines is 1. The number of fused-ring (bicyclic) bond motifs is 3. The van der Waals surface area contributed by atoms with E-state index in [-0.39, 0.29) is 0 Å². The number of rotatable bonds is 1. The zero-order valence-electron chi connectivity index (χ0n) is 9.07. The van der Waals surface area contributed by atoms with E-state index in [0.29, 0.717) is 11.4 Å². The second kappa shape index (κ2) is 3.58. The average Bonchev–Trinajstić information content (AvgIpc) is 2.74. The van der Waals surface area contributed by atoms with E-state index in [9.17, 15) is 0 Å². The molecule has 0 fully saturated rings. The Morgan fingerprint density at radius 2 is 2.12 bits per heavy atom. The molecule has 17 heavy (non-hydrogen) atoms. The van der Waals surface area contributed by atoms with Gasteiger partial charge >= 0.3 is 0 Å². The molecular formula is C13H10N4. The number of aromatic nitrogens is 1. The second-order valence-corrected chi connectivity index (χ2v) is 3.98. The number of nitrogen functional groups attached to an aromatic ring is 1. The zero-order chi connectivity index (χ0) is 11.8. The summed E-state index contributed by atoms with van der Waals surface area (Å²) in [4.78, 5) is 4.43. The summed E-state index contributed by atoms with van der Waals surface area (Å²) in [5, 5.41) is 9.01. The molecule has 1 aliphatic rings. The highest BCUT2D eigenvalue weighted by Crippen LogP contribution is 2.36. The van der Waals surface area contributed by atoms with Crippen molar-refractivity contribution in [1.29, 1.82) is 5.26 Å². The normalized spacial score (nSPS) is 11.5. The monoisotopic (exact) mass is 222 g/mol. The van der Waals surface area contributed by atoms with Crippen LogP contribution in [0.15, 0.2) is 30.3 Å². The quantitative estimate of drug-likeness (QED) is 0.486. The third-order valence-corrected chi connectivity index (χ3v) is 3.01. The van der Waals surface area contributed by atoms with E-state index in [2.05, 4.69) is 22.5 Å². The van der Waals surface area contributed by atoms with Crippen LogP contribution in [-0.4, -0.2) is 4.98 Å². The lowest BCUT2D eigenvalue weighted by Gasteiger charge is -2.05. The second-order valence-electron chi connectivity index (χ2n) is 3.98.